The lowest BCUT2D eigenvalue weighted by Gasteiger charge is -2.21. The number of unbranched alkanes of at least 4 members (excludes halogenated alkanes) is 1. The van der Waals surface area contributed by atoms with Crippen LogP contribution in [0.5, 0.6) is 11.5 Å². The summed E-state index contributed by atoms with van der Waals surface area (Å²) in [4.78, 5) is 34.4. The van der Waals surface area contributed by atoms with Crippen molar-refractivity contribution in [3.63, 3.8) is 0 Å². The predicted octanol–water partition coefficient (Wildman–Crippen LogP) is 2.89. The van der Waals surface area contributed by atoms with Crippen molar-refractivity contribution in [3.05, 3.63) is 58.6 Å². The van der Waals surface area contributed by atoms with Crippen molar-refractivity contribution in [3.8, 4) is 11.5 Å². The minimum atomic E-state index is -0.171. The average molecular weight is 408 g/mol. The zero-order valence-corrected chi connectivity index (χ0v) is 16.8. The molecule has 0 unspecified atom stereocenters. The summed E-state index contributed by atoms with van der Waals surface area (Å²) in [5.74, 6) is 1.69. The SMILES string of the molecule is CCCCN(CC(=O)Nc1ccc2c(c1)OCO2)Cc1nc2ccccc2c(=O)[nH]1. The first kappa shape index (κ1) is 19.9. The number of nitrogens with zero attached hydrogens (tertiary/aromatic N) is 2. The molecule has 156 valence electrons. The van der Waals surface area contributed by atoms with Crippen molar-refractivity contribution in [1.82, 2.24) is 14.9 Å². The number of aromatic amines is 1. The van der Waals surface area contributed by atoms with Gasteiger partial charge in [-0.1, -0.05) is 25.5 Å². The third-order valence-electron chi connectivity index (χ3n) is 4.89. The van der Waals surface area contributed by atoms with Crippen LogP contribution in [0.3, 0.4) is 0 Å². The first-order valence-electron chi connectivity index (χ1n) is 10.0. The number of amides is 1. The molecule has 8 heteroatoms. The number of anilines is 1. The number of carbonyl (C=O) groups excluding carboxylic acids is 1. The van der Waals surface area contributed by atoms with E-state index in [-0.39, 0.29) is 24.8 Å². The molecule has 4 rings (SSSR count). The van der Waals surface area contributed by atoms with Crippen molar-refractivity contribution in [1.29, 1.82) is 0 Å². The van der Waals surface area contributed by atoms with E-state index in [4.69, 9.17) is 9.47 Å². The van der Waals surface area contributed by atoms with Gasteiger partial charge < -0.3 is 19.8 Å². The van der Waals surface area contributed by atoms with Gasteiger partial charge in [0.1, 0.15) is 5.82 Å². The number of rotatable bonds is 8. The van der Waals surface area contributed by atoms with E-state index in [1.165, 1.54) is 0 Å². The summed E-state index contributed by atoms with van der Waals surface area (Å²) in [6, 6.07) is 12.5. The lowest BCUT2D eigenvalue weighted by molar-refractivity contribution is -0.117. The molecule has 0 fully saturated rings. The number of aromatic nitrogens is 2. The van der Waals surface area contributed by atoms with Crippen molar-refractivity contribution in [2.45, 2.75) is 26.3 Å². The van der Waals surface area contributed by atoms with Crippen LogP contribution in [0.1, 0.15) is 25.6 Å². The van der Waals surface area contributed by atoms with E-state index in [0.717, 1.165) is 19.4 Å². The Bertz CT molecular complexity index is 1110. The van der Waals surface area contributed by atoms with Crippen LogP contribution in [0.4, 0.5) is 5.69 Å². The molecule has 2 N–H and O–H groups in total. The van der Waals surface area contributed by atoms with E-state index in [2.05, 4.69) is 22.2 Å². The molecule has 0 radical (unpaired) electrons. The molecule has 1 amide bonds. The second-order valence-electron chi connectivity index (χ2n) is 7.21. The minimum absolute atomic E-state index is 0.145. The molecule has 1 aromatic heterocycles. The maximum absolute atomic E-state index is 12.6. The number of carbonyl (C=O) groups is 1. The third-order valence-corrected chi connectivity index (χ3v) is 4.89. The van der Waals surface area contributed by atoms with Crippen LogP contribution in [0.15, 0.2) is 47.3 Å². The summed E-state index contributed by atoms with van der Waals surface area (Å²) >= 11 is 0. The second-order valence-corrected chi connectivity index (χ2v) is 7.21. The molecule has 0 saturated heterocycles. The normalized spacial score (nSPS) is 12.5. The summed E-state index contributed by atoms with van der Waals surface area (Å²) in [5.41, 5.74) is 1.13. The van der Waals surface area contributed by atoms with Crippen LogP contribution in [0, 0.1) is 0 Å². The highest BCUT2D eigenvalue weighted by Gasteiger charge is 2.16. The predicted molar refractivity (Wildman–Crippen MR) is 114 cm³/mol. The molecule has 1 aliphatic rings. The number of para-hydroxylation sites is 1. The summed E-state index contributed by atoms with van der Waals surface area (Å²) < 4.78 is 10.6. The van der Waals surface area contributed by atoms with Gasteiger partial charge in [-0.15, -0.1) is 0 Å². The topological polar surface area (TPSA) is 96.6 Å². The molecule has 8 nitrogen and oxygen atoms in total. The molecule has 1 aliphatic heterocycles. The van der Waals surface area contributed by atoms with Gasteiger partial charge >= 0.3 is 0 Å². The maximum Gasteiger partial charge on any atom is 0.258 e. The van der Waals surface area contributed by atoms with E-state index in [9.17, 15) is 9.59 Å². The van der Waals surface area contributed by atoms with Gasteiger partial charge in [0.05, 0.1) is 24.0 Å². The Balaban J connectivity index is 1.46. The van der Waals surface area contributed by atoms with Crippen molar-refractivity contribution in [2.24, 2.45) is 0 Å². The smallest absolute Gasteiger partial charge is 0.258 e. The number of fused-ring (bicyclic) bond motifs is 2. The van der Waals surface area contributed by atoms with Gasteiger partial charge in [0.25, 0.3) is 5.56 Å². The van der Waals surface area contributed by atoms with Gasteiger partial charge in [0.2, 0.25) is 12.7 Å². The zero-order valence-electron chi connectivity index (χ0n) is 16.8. The number of hydrogen-bond donors (Lipinski definition) is 2. The van der Waals surface area contributed by atoms with Crippen molar-refractivity contribution < 1.29 is 14.3 Å². The molecular formula is C22H24N4O4. The summed E-state index contributed by atoms with van der Waals surface area (Å²) in [6.45, 7) is 3.58. The first-order valence-corrected chi connectivity index (χ1v) is 10.0. The highest BCUT2D eigenvalue weighted by molar-refractivity contribution is 5.92. The largest absolute Gasteiger partial charge is 0.454 e. The molecule has 2 heterocycles. The molecule has 0 bridgehead atoms. The Labute approximate surface area is 173 Å². The minimum Gasteiger partial charge on any atom is -0.454 e. The Morgan fingerprint density at radius 1 is 1.20 bits per heavy atom. The monoisotopic (exact) mass is 408 g/mol. The number of benzene rings is 2. The zero-order chi connectivity index (χ0) is 20.9. The lowest BCUT2D eigenvalue weighted by Crippen LogP contribution is -2.34. The Hall–Kier alpha value is -3.39. The number of H-pyrrole nitrogens is 1. The fourth-order valence-electron chi connectivity index (χ4n) is 3.40. The van der Waals surface area contributed by atoms with Crippen molar-refractivity contribution in [2.75, 3.05) is 25.2 Å². The Morgan fingerprint density at radius 2 is 2.03 bits per heavy atom. The summed E-state index contributed by atoms with van der Waals surface area (Å²) in [7, 11) is 0. The van der Waals surface area contributed by atoms with Gasteiger partial charge in [-0.3, -0.25) is 14.5 Å². The molecule has 30 heavy (non-hydrogen) atoms. The average Bonchev–Trinajstić information content (AvgIpc) is 3.20. The third kappa shape index (κ3) is 4.60. The fraction of sp³-hybridized carbons (Fsp3) is 0.318. The van der Waals surface area contributed by atoms with Gasteiger partial charge in [0.15, 0.2) is 11.5 Å². The van der Waals surface area contributed by atoms with Crippen LogP contribution >= 0.6 is 0 Å². The second kappa shape index (κ2) is 8.96. The van der Waals surface area contributed by atoms with Crippen LogP contribution in [-0.2, 0) is 11.3 Å². The lowest BCUT2D eigenvalue weighted by atomic mass is 10.2. The molecule has 0 aliphatic carbocycles. The molecule has 3 aromatic rings. The van der Waals surface area contributed by atoms with Gasteiger partial charge in [-0.05, 0) is 37.2 Å². The molecule has 0 spiro atoms. The molecule has 0 saturated carbocycles. The van der Waals surface area contributed by atoms with E-state index < -0.39 is 0 Å². The number of nitrogens with one attached hydrogen (secondary N) is 2. The van der Waals surface area contributed by atoms with Crippen LogP contribution in [-0.4, -0.2) is 40.7 Å². The van der Waals surface area contributed by atoms with E-state index >= 15 is 0 Å². The summed E-state index contributed by atoms with van der Waals surface area (Å²) in [6.07, 6.45) is 1.94. The van der Waals surface area contributed by atoms with Gasteiger partial charge in [0, 0.05) is 11.8 Å². The molecule has 2 aromatic carbocycles. The fourth-order valence-corrected chi connectivity index (χ4v) is 3.40. The van der Waals surface area contributed by atoms with Crippen LogP contribution in [0.2, 0.25) is 0 Å². The van der Waals surface area contributed by atoms with Gasteiger partial charge in [-0.2, -0.15) is 0 Å². The van der Waals surface area contributed by atoms with Crippen molar-refractivity contribution >= 4 is 22.5 Å². The van der Waals surface area contributed by atoms with Crippen LogP contribution < -0.4 is 20.3 Å². The van der Waals surface area contributed by atoms with E-state index in [1.54, 1.807) is 24.3 Å². The quantitative estimate of drug-likeness (QED) is 0.595. The molecular weight excluding hydrogens is 384 g/mol. The van der Waals surface area contributed by atoms with E-state index in [1.807, 2.05) is 23.1 Å². The number of ether oxygens (including phenoxy) is 2. The maximum atomic E-state index is 12.6. The standard InChI is InChI=1S/C22H24N4O4/c1-2-3-10-26(12-20-24-17-7-5-4-6-16(17)22(28)25-20)13-21(27)23-15-8-9-18-19(11-15)30-14-29-18/h4-9,11H,2-3,10,12-14H2,1H3,(H,23,27)(H,24,25,28). The Morgan fingerprint density at radius 3 is 2.90 bits per heavy atom. The highest BCUT2D eigenvalue weighted by Crippen LogP contribution is 2.34. The Kier molecular flexibility index (Phi) is 5.94. The first-order chi connectivity index (χ1) is 14.6. The highest BCUT2D eigenvalue weighted by atomic mass is 16.7. The van der Waals surface area contributed by atoms with Gasteiger partial charge in [-0.25, -0.2) is 4.98 Å². The summed E-state index contributed by atoms with van der Waals surface area (Å²) in [5, 5.41) is 3.45. The number of hydrogen-bond acceptors (Lipinski definition) is 6. The van der Waals surface area contributed by atoms with Crippen LogP contribution in [0.25, 0.3) is 10.9 Å². The molecule has 0 atom stereocenters. The van der Waals surface area contributed by atoms with E-state index in [0.29, 0.717) is 40.5 Å².